The predicted octanol–water partition coefficient (Wildman–Crippen LogP) is 0.804. The molecule has 0 saturated carbocycles. The molecule has 0 spiro atoms. The zero-order valence-electron chi connectivity index (χ0n) is 16.2. The average molecular weight is 369 g/mol. The van der Waals surface area contributed by atoms with Crippen molar-refractivity contribution in [3.63, 3.8) is 0 Å². The molecule has 0 bridgehead atoms. The number of carbonyl (C=O) groups excluding carboxylic acids is 3. The number of hydrogen-bond acceptors (Lipinski definition) is 4. The van der Waals surface area contributed by atoms with E-state index >= 15 is 0 Å². The van der Waals surface area contributed by atoms with E-state index in [1.54, 1.807) is 4.90 Å². The molecule has 1 aliphatic heterocycles. The second-order valence-corrected chi connectivity index (χ2v) is 7.05. The molecule has 1 aliphatic rings. The molecule has 0 aromatic carbocycles. The summed E-state index contributed by atoms with van der Waals surface area (Å²) in [5.41, 5.74) is 0. The van der Waals surface area contributed by atoms with Crippen molar-refractivity contribution in [2.45, 2.75) is 58.0 Å². The van der Waals surface area contributed by atoms with Gasteiger partial charge >= 0.3 is 5.97 Å². The van der Waals surface area contributed by atoms with Gasteiger partial charge in [0, 0.05) is 27.2 Å². The fourth-order valence-corrected chi connectivity index (χ4v) is 3.35. The first-order chi connectivity index (χ1) is 12.2. The number of rotatable bonds is 9. The summed E-state index contributed by atoms with van der Waals surface area (Å²) in [6, 6.07) is -1.79. The van der Waals surface area contributed by atoms with Crippen molar-refractivity contribution in [1.29, 1.82) is 0 Å². The maximum Gasteiger partial charge on any atom is 0.305 e. The molecule has 1 rings (SSSR count). The molecule has 1 heterocycles. The summed E-state index contributed by atoms with van der Waals surface area (Å²) < 4.78 is 0. The third kappa shape index (κ3) is 5.44. The zero-order valence-corrected chi connectivity index (χ0v) is 16.2. The largest absolute Gasteiger partial charge is 0.481 e. The Balaban J connectivity index is 3.06. The number of nitrogens with zero attached hydrogens (tertiary/aromatic N) is 3. The maximum absolute atomic E-state index is 13.0. The Morgan fingerprint density at radius 3 is 2.19 bits per heavy atom. The van der Waals surface area contributed by atoms with E-state index in [9.17, 15) is 24.3 Å². The highest BCUT2D eigenvalue weighted by Gasteiger charge is 2.38. The Morgan fingerprint density at radius 1 is 1.15 bits per heavy atom. The fourth-order valence-electron chi connectivity index (χ4n) is 3.35. The van der Waals surface area contributed by atoms with Crippen LogP contribution in [-0.4, -0.2) is 83.3 Å². The van der Waals surface area contributed by atoms with Crippen LogP contribution in [0.3, 0.4) is 0 Å². The minimum Gasteiger partial charge on any atom is -0.481 e. The lowest BCUT2D eigenvalue weighted by Crippen LogP contribution is -2.56. The smallest absolute Gasteiger partial charge is 0.305 e. The quantitative estimate of drug-likeness (QED) is 0.606. The second kappa shape index (κ2) is 10.1. The summed E-state index contributed by atoms with van der Waals surface area (Å²) in [5, 5.41) is 9.24. The first-order valence-corrected chi connectivity index (χ1v) is 9.19. The Kier molecular flexibility index (Phi) is 8.54. The van der Waals surface area contributed by atoms with Gasteiger partial charge in [-0.2, -0.15) is 0 Å². The van der Waals surface area contributed by atoms with Crippen molar-refractivity contribution in [2.75, 3.05) is 27.2 Å². The van der Waals surface area contributed by atoms with Gasteiger partial charge in [-0.05, 0) is 25.2 Å². The lowest BCUT2D eigenvalue weighted by atomic mass is 9.96. The summed E-state index contributed by atoms with van der Waals surface area (Å²) in [6.07, 6.45) is 3.62. The molecule has 8 nitrogen and oxygen atoms in total. The van der Waals surface area contributed by atoms with Gasteiger partial charge in [0.2, 0.25) is 18.2 Å². The summed E-state index contributed by atoms with van der Waals surface area (Å²) in [6.45, 7) is 4.94. The van der Waals surface area contributed by atoms with Gasteiger partial charge in [-0.1, -0.05) is 20.3 Å². The summed E-state index contributed by atoms with van der Waals surface area (Å²) in [7, 11) is 2.97. The van der Waals surface area contributed by atoms with Crippen LogP contribution in [0.2, 0.25) is 0 Å². The van der Waals surface area contributed by atoms with Gasteiger partial charge in [-0.3, -0.25) is 19.2 Å². The van der Waals surface area contributed by atoms with Crippen molar-refractivity contribution in [3.8, 4) is 0 Å². The van der Waals surface area contributed by atoms with Crippen molar-refractivity contribution >= 4 is 24.2 Å². The lowest BCUT2D eigenvalue weighted by Gasteiger charge is -2.37. The molecule has 0 aliphatic carbocycles. The van der Waals surface area contributed by atoms with E-state index in [1.165, 1.54) is 23.9 Å². The van der Waals surface area contributed by atoms with E-state index < -0.39 is 30.4 Å². The first kappa shape index (κ1) is 21.9. The highest BCUT2D eigenvalue weighted by Crippen LogP contribution is 2.19. The van der Waals surface area contributed by atoms with Gasteiger partial charge in [0.15, 0.2) is 0 Å². The number of amides is 3. The number of likely N-dealkylation sites (tertiary alicyclic amines) is 1. The van der Waals surface area contributed by atoms with Crippen LogP contribution in [0, 0.1) is 5.92 Å². The standard InChI is InChI=1S/C18H31N3O5/c1-5-13(2)16(19(3)12-22)18(26)20(4)14(11-15(23)24)17(25)21-9-7-6-8-10-21/h12-14,16H,5-11H2,1-4H3,(H,23,24)/t13-,14-,16?/m0/s1. The van der Waals surface area contributed by atoms with Crippen LogP contribution < -0.4 is 0 Å². The average Bonchev–Trinajstić information content (AvgIpc) is 2.65. The fraction of sp³-hybridized carbons (Fsp3) is 0.778. The molecule has 3 amide bonds. The number of hydrogen-bond donors (Lipinski definition) is 1. The topological polar surface area (TPSA) is 98.2 Å². The molecular weight excluding hydrogens is 338 g/mol. The summed E-state index contributed by atoms with van der Waals surface area (Å²) >= 11 is 0. The molecule has 3 atom stereocenters. The zero-order chi connectivity index (χ0) is 19.9. The molecule has 148 valence electrons. The second-order valence-electron chi connectivity index (χ2n) is 7.05. The molecular formula is C18H31N3O5. The van der Waals surface area contributed by atoms with Gasteiger partial charge in [0.1, 0.15) is 12.1 Å². The maximum atomic E-state index is 13.0. The van der Waals surface area contributed by atoms with Crippen molar-refractivity contribution in [2.24, 2.45) is 5.92 Å². The predicted molar refractivity (Wildman–Crippen MR) is 96.3 cm³/mol. The number of aliphatic carboxylic acids is 1. The number of carboxylic acid groups (broad SMARTS) is 1. The third-order valence-corrected chi connectivity index (χ3v) is 5.18. The minimum absolute atomic E-state index is 0.115. The first-order valence-electron chi connectivity index (χ1n) is 9.19. The molecule has 1 saturated heterocycles. The van der Waals surface area contributed by atoms with Crippen molar-refractivity contribution < 1.29 is 24.3 Å². The molecule has 0 radical (unpaired) electrons. The Hall–Kier alpha value is -2.12. The molecule has 0 aromatic heterocycles. The lowest BCUT2D eigenvalue weighted by molar-refractivity contribution is -0.153. The molecule has 1 unspecified atom stereocenters. The summed E-state index contributed by atoms with van der Waals surface area (Å²) in [4.78, 5) is 52.5. The van der Waals surface area contributed by atoms with Crippen LogP contribution in [0.5, 0.6) is 0 Å². The van der Waals surface area contributed by atoms with E-state index in [4.69, 9.17) is 0 Å². The van der Waals surface area contributed by atoms with E-state index in [2.05, 4.69) is 0 Å². The normalized spacial score (nSPS) is 17.8. The van der Waals surface area contributed by atoms with Crippen LogP contribution in [0.15, 0.2) is 0 Å². The highest BCUT2D eigenvalue weighted by atomic mass is 16.4. The van der Waals surface area contributed by atoms with Crippen LogP contribution in [-0.2, 0) is 19.2 Å². The number of likely N-dealkylation sites (N-methyl/N-ethyl adjacent to an activating group) is 2. The molecule has 26 heavy (non-hydrogen) atoms. The van der Waals surface area contributed by atoms with E-state index in [0.29, 0.717) is 25.9 Å². The molecule has 0 aromatic rings. The van der Waals surface area contributed by atoms with Crippen LogP contribution in [0.4, 0.5) is 0 Å². The minimum atomic E-state index is -1.14. The van der Waals surface area contributed by atoms with Crippen LogP contribution in [0.1, 0.15) is 46.0 Å². The molecule has 1 fully saturated rings. The molecule has 1 N–H and O–H groups in total. The molecule has 8 heteroatoms. The van der Waals surface area contributed by atoms with Gasteiger partial charge in [-0.15, -0.1) is 0 Å². The number of carboxylic acids is 1. The third-order valence-electron chi connectivity index (χ3n) is 5.18. The van der Waals surface area contributed by atoms with Gasteiger partial charge in [0.05, 0.1) is 6.42 Å². The Labute approximate surface area is 155 Å². The Bertz CT molecular complexity index is 519. The highest BCUT2D eigenvalue weighted by molar-refractivity contribution is 5.92. The summed E-state index contributed by atoms with van der Waals surface area (Å²) in [5.74, 6) is -2.00. The van der Waals surface area contributed by atoms with E-state index in [1.807, 2.05) is 13.8 Å². The van der Waals surface area contributed by atoms with Gasteiger partial charge in [-0.25, -0.2) is 0 Å². The Morgan fingerprint density at radius 2 is 1.73 bits per heavy atom. The SMILES string of the molecule is CC[C@H](C)C(C(=O)N(C)[C@@H](CC(=O)O)C(=O)N1CCCCC1)N(C)C=O. The van der Waals surface area contributed by atoms with Crippen LogP contribution in [0.25, 0.3) is 0 Å². The van der Waals surface area contributed by atoms with E-state index in [-0.39, 0.29) is 11.8 Å². The van der Waals surface area contributed by atoms with E-state index in [0.717, 1.165) is 19.3 Å². The monoisotopic (exact) mass is 369 g/mol. The number of piperidine rings is 1. The van der Waals surface area contributed by atoms with Gasteiger partial charge < -0.3 is 19.8 Å². The van der Waals surface area contributed by atoms with Crippen LogP contribution >= 0.6 is 0 Å². The van der Waals surface area contributed by atoms with Gasteiger partial charge in [0.25, 0.3) is 0 Å². The van der Waals surface area contributed by atoms with Crippen molar-refractivity contribution in [3.05, 3.63) is 0 Å². The van der Waals surface area contributed by atoms with Crippen molar-refractivity contribution in [1.82, 2.24) is 14.7 Å². The number of carbonyl (C=O) groups is 4.